The molecule has 1 aliphatic rings. The van der Waals surface area contributed by atoms with Gasteiger partial charge in [-0.05, 0) is 49.2 Å². The maximum atomic E-state index is 13.0. The molecule has 38 heavy (non-hydrogen) atoms. The number of aromatic nitrogens is 4. The number of hydrogen-bond acceptors (Lipinski definition) is 9. The Kier molecular flexibility index (Phi) is 6.94. The lowest BCUT2D eigenvalue weighted by Gasteiger charge is -2.33. The van der Waals surface area contributed by atoms with Gasteiger partial charge >= 0.3 is 5.97 Å². The number of piperidine rings is 1. The molecular weight excluding hydrogens is 490 g/mol. The second-order valence-corrected chi connectivity index (χ2v) is 8.80. The SMILES string of the molecule is COc1ccc(Nc2cc(N3CCCC(C(=O)Nc4ccc(C(=O)O)cc4)C3)nn3ccnc23)nc1OC. The third-order valence-corrected chi connectivity index (χ3v) is 6.36. The van der Waals surface area contributed by atoms with Crippen molar-refractivity contribution in [2.24, 2.45) is 5.92 Å². The topological polar surface area (TPSA) is 143 Å². The highest BCUT2D eigenvalue weighted by molar-refractivity contribution is 5.94. The maximum Gasteiger partial charge on any atom is 0.335 e. The van der Waals surface area contributed by atoms with Crippen molar-refractivity contribution >= 4 is 40.5 Å². The highest BCUT2D eigenvalue weighted by atomic mass is 16.5. The van der Waals surface area contributed by atoms with Crippen LogP contribution in [0.2, 0.25) is 0 Å². The van der Waals surface area contributed by atoms with Gasteiger partial charge in [-0.25, -0.2) is 14.3 Å². The molecule has 0 bridgehead atoms. The van der Waals surface area contributed by atoms with Gasteiger partial charge in [-0.3, -0.25) is 4.79 Å². The van der Waals surface area contributed by atoms with Crippen LogP contribution in [0.15, 0.2) is 54.9 Å². The van der Waals surface area contributed by atoms with Crippen LogP contribution in [-0.4, -0.2) is 63.9 Å². The van der Waals surface area contributed by atoms with Crippen LogP contribution in [0.4, 0.5) is 23.0 Å². The number of carboxylic acid groups (broad SMARTS) is 1. The van der Waals surface area contributed by atoms with Crippen LogP contribution in [-0.2, 0) is 4.79 Å². The van der Waals surface area contributed by atoms with Crippen molar-refractivity contribution in [2.75, 3.05) is 42.8 Å². The molecule has 12 heteroatoms. The Hall–Kier alpha value is -4.87. The van der Waals surface area contributed by atoms with Gasteiger partial charge in [0.2, 0.25) is 5.91 Å². The zero-order chi connectivity index (χ0) is 26.6. The Bertz CT molecular complexity index is 1470. The van der Waals surface area contributed by atoms with Gasteiger partial charge in [-0.15, -0.1) is 5.10 Å². The van der Waals surface area contributed by atoms with Gasteiger partial charge in [0.1, 0.15) is 5.82 Å². The van der Waals surface area contributed by atoms with Gasteiger partial charge in [0.15, 0.2) is 17.2 Å². The first kappa shape index (κ1) is 24.8. The second-order valence-electron chi connectivity index (χ2n) is 8.80. The molecule has 0 radical (unpaired) electrons. The average Bonchev–Trinajstić information content (AvgIpc) is 3.42. The molecule has 4 heterocycles. The number of nitrogens with one attached hydrogen (secondary N) is 2. The zero-order valence-corrected chi connectivity index (χ0v) is 20.9. The summed E-state index contributed by atoms with van der Waals surface area (Å²) in [7, 11) is 3.08. The molecule has 1 amide bonds. The van der Waals surface area contributed by atoms with Crippen LogP contribution in [0.25, 0.3) is 5.65 Å². The highest BCUT2D eigenvalue weighted by Crippen LogP contribution is 2.30. The minimum absolute atomic E-state index is 0.116. The van der Waals surface area contributed by atoms with Gasteiger partial charge in [0, 0.05) is 37.2 Å². The Balaban J connectivity index is 1.35. The first-order valence-electron chi connectivity index (χ1n) is 12.0. The summed E-state index contributed by atoms with van der Waals surface area (Å²) < 4.78 is 12.3. The number of rotatable bonds is 8. The predicted octanol–water partition coefficient (Wildman–Crippen LogP) is 3.44. The third-order valence-electron chi connectivity index (χ3n) is 6.36. The summed E-state index contributed by atoms with van der Waals surface area (Å²) in [5.41, 5.74) is 2.05. The van der Waals surface area contributed by atoms with Crippen molar-refractivity contribution in [3.8, 4) is 11.6 Å². The number of imidazole rings is 1. The number of methoxy groups -OCH3 is 2. The number of benzene rings is 1. The van der Waals surface area contributed by atoms with Crippen molar-refractivity contribution in [1.82, 2.24) is 19.6 Å². The van der Waals surface area contributed by atoms with Crippen LogP contribution >= 0.6 is 0 Å². The zero-order valence-electron chi connectivity index (χ0n) is 20.9. The van der Waals surface area contributed by atoms with E-state index in [1.807, 2.05) is 6.07 Å². The van der Waals surface area contributed by atoms with E-state index in [9.17, 15) is 9.59 Å². The van der Waals surface area contributed by atoms with Crippen LogP contribution in [0, 0.1) is 5.92 Å². The molecule has 0 aliphatic carbocycles. The van der Waals surface area contributed by atoms with Gasteiger partial charge in [0.25, 0.3) is 5.88 Å². The molecule has 3 N–H and O–H groups in total. The summed E-state index contributed by atoms with van der Waals surface area (Å²) in [6.45, 7) is 1.23. The summed E-state index contributed by atoms with van der Waals surface area (Å²) >= 11 is 0. The second kappa shape index (κ2) is 10.6. The van der Waals surface area contributed by atoms with Crippen molar-refractivity contribution in [1.29, 1.82) is 0 Å². The molecule has 0 saturated carbocycles. The van der Waals surface area contributed by atoms with Gasteiger partial charge in [-0.2, -0.15) is 4.98 Å². The molecule has 1 aliphatic heterocycles. The Morgan fingerprint density at radius 1 is 1.11 bits per heavy atom. The van der Waals surface area contributed by atoms with E-state index in [-0.39, 0.29) is 17.4 Å². The number of hydrogen-bond donors (Lipinski definition) is 3. The first-order chi connectivity index (χ1) is 18.4. The van der Waals surface area contributed by atoms with Crippen molar-refractivity contribution in [2.45, 2.75) is 12.8 Å². The van der Waals surface area contributed by atoms with Crippen molar-refractivity contribution in [3.63, 3.8) is 0 Å². The number of carbonyl (C=O) groups is 2. The van der Waals surface area contributed by atoms with Crippen molar-refractivity contribution < 1.29 is 24.2 Å². The van der Waals surface area contributed by atoms with Crippen LogP contribution in [0.5, 0.6) is 11.6 Å². The standard InChI is InChI=1S/C26H27N7O5/c1-37-20-9-10-21(30-25(20)38-2)29-19-14-22(31-33-13-11-27-23(19)33)32-12-3-4-17(15-32)24(34)28-18-7-5-16(6-8-18)26(35)36/h5-11,13-14,17H,3-4,12,15H2,1-2H3,(H,28,34)(H,29,30)(H,35,36). The summed E-state index contributed by atoms with van der Waals surface area (Å²) in [6.07, 6.45) is 4.99. The van der Waals surface area contributed by atoms with Gasteiger partial charge < -0.3 is 30.1 Å². The lowest BCUT2D eigenvalue weighted by atomic mass is 9.97. The molecule has 1 fully saturated rings. The van der Waals surface area contributed by atoms with E-state index in [1.54, 1.807) is 48.3 Å². The largest absolute Gasteiger partial charge is 0.491 e. The van der Waals surface area contributed by atoms with E-state index in [4.69, 9.17) is 19.7 Å². The Morgan fingerprint density at radius 3 is 2.66 bits per heavy atom. The van der Waals surface area contributed by atoms with E-state index in [0.29, 0.717) is 46.8 Å². The third kappa shape index (κ3) is 5.14. The summed E-state index contributed by atoms with van der Waals surface area (Å²) in [5, 5.41) is 20.0. The normalized spacial score (nSPS) is 15.2. The number of carboxylic acids is 1. The molecule has 0 spiro atoms. The molecule has 1 atom stereocenters. The van der Waals surface area contributed by atoms with Crippen LogP contribution < -0.4 is 25.0 Å². The minimum atomic E-state index is -1.01. The molecule has 4 aromatic rings. The van der Waals surface area contributed by atoms with E-state index in [2.05, 4.69) is 25.5 Å². The number of ether oxygens (including phenoxy) is 2. The van der Waals surface area contributed by atoms with E-state index in [0.717, 1.165) is 19.4 Å². The number of aromatic carboxylic acids is 1. The summed E-state index contributed by atoms with van der Waals surface area (Å²) in [6, 6.07) is 11.6. The molecule has 3 aromatic heterocycles. The molecular formula is C26H27N7O5. The molecule has 1 unspecified atom stereocenters. The van der Waals surface area contributed by atoms with Crippen LogP contribution in [0.1, 0.15) is 23.2 Å². The number of fused-ring (bicyclic) bond motifs is 1. The fourth-order valence-electron chi connectivity index (χ4n) is 4.43. The van der Waals surface area contributed by atoms with Crippen molar-refractivity contribution in [3.05, 3.63) is 60.4 Å². The van der Waals surface area contributed by atoms with Gasteiger partial charge in [-0.1, -0.05) is 0 Å². The molecule has 196 valence electrons. The number of carbonyl (C=O) groups excluding carboxylic acids is 1. The lowest BCUT2D eigenvalue weighted by molar-refractivity contribution is -0.120. The highest BCUT2D eigenvalue weighted by Gasteiger charge is 2.27. The fraction of sp³-hybridized carbons (Fsp3) is 0.269. The number of pyridine rings is 1. The van der Waals surface area contributed by atoms with E-state index < -0.39 is 5.97 Å². The number of amides is 1. The molecule has 5 rings (SSSR count). The molecule has 1 aromatic carbocycles. The molecule has 1 saturated heterocycles. The minimum Gasteiger partial charge on any atom is -0.491 e. The Morgan fingerprint density at radius 2 is 1.92 bits per heavy atom. The predicted molar refractivity (Wildman–Crippen MR) is 141 cm³/mol. The fourth-order valence-corrected chi connectivity index (χ4v) is 4.43. The van der Waals surface area contributed by atoms with Gasteiger partial charge in [0.05, 0.1) is 31.4 Å². The average molecular weight is 518 g/mol. The number of anilines is 4. The number of nitrogens with zero attached hydrogens (tertiary/aromatic N) is 5. The van der Waals surface area contributed by atoms with Crippen LogP contribution in [0.3, 0.4) is 0 Å². The summed E-state index contributed by atoms with van der Waals surface area (Å²) in [4.78, 5) is 35.1. The lowest BCUT2D eigenvalue weighted by Crippen LogP contribution is -2.41. The molecule has 12 nitrogen and oxygen atoms in total. The Labute approximate surface area is 218 Å². The summed E-state index contributed by atoms with van der Waals surface area (Å²) in [5.74, 6) is 0.741. The smallest absolute Gasteiger partial charge is 0.335 e. The monoisotopic (exact) mass is 517 g/mol. The maximum absolute atomic E-state index is 13.0. The quantitative estimate of drug-likeness (QED) is 0.318. The van der Waals surface area contributed by atoms with E-state index >= 15 is 0 Å². The first-order valence-corrected chi connectivity index (χ1v) is 12.0. The van der Waals surface area contributed by atoms with E-state index in [1.165, 1.54) is 19.2 Å².